The van der Waals surface area contributed by atoms with E-state index in [4.69, 9.17) is 18.9 Å². The van der Waals surface area contributed by atoms with Crippen molar-refractivity contribution in [2.45, 2.75) is 18.6 Å². The first-order chi connectivity index (χ1) is 13.0. The van der Waals surface area contributed by atoms with Gasteiger partial charge < -0.3 is 18.9 Å². The Kier molecular flexibility index (Phi) is 6.51. The summed E-state index contributed by atoms with van der Waals surface area (Å²) in [4.78, 5) is 0. The molecule has 2 heterocycles. The first kappa shape index (κ1) is 20.2. The normalized spacial score (nSPS) is 20.4. The summed E-state index contributed by atoms with van der Waals surface area (Å²) >= 11 is 14.5. The SMILES string of the molecule is Brc1cc(Cc2cc(Br)c(OC[C@@H]3CO3)c(Br)c2)cc(Br)c1OC[C@@H]1CO1. The zero-order valence-corrected chi connectivity index (χ0v) is 20.5. The standard InChI is InChI=1S/C19H16Br4O4/c20-14-2-10(3-15(21)18(14)26-8-12-6-24-12)1-11-4-16(22)19(17(23)5-11)27-9-13-7-25-13/h2-5,12-13H,1,6-9H2/t12-,13-/m0/s1. The van der Waals surface area contributed by atoms with Crippen molar-refractivity contribution in [1.82, 2.24) is 0 Å². The van der Waals surface area contributed by atoms with E-state index in [1.54, 1.807) is 0 Å². The molecular weight excluding hydrogens is 612 g/mol. The molecule has 0 aliphatic carbocycles. The smallest absolute Gasteiger partial charge is 0.147 e. The molecule has 0 spiro atoms. The molecule has 2 fully saturated rings. The monoisotopic (exact) mass is 624 g/mol. The Balaban J connectivity index is 1.47. The van der Waals surface area contributed by atoms with Crippen molar-refractivity contribution in [2.75, 3.05) is 26.4 Å². The summed E-state index contributed by atoms with van der Waals surface area (Å²) < 4.78 is 25.8. The summed E-state index contributed by atoms with van der Waals surface area (Å²) in [6.45, 7) is 2.71. The molecule has 0 saturated carbocycles. The predicted molar refractivity (Wildman–Crippen MR) is 117 cm³/mol. The molecule has 2 atom stereocenters. The second-order valence-corrected chi connectivity index (χ2v) is 9.90. The molecule has 2 aliphatic heterocycles. The van der Waals surface area contributed by atoms with E-state index >= 15 is 0 Å². The Hall–Kier alpha value is -0.120. The van der Waals surface area contributed by atoms with Gasteiger partial charge in [-0.3, -0.25) is 0 Å². The minimum Gasteiger partial charge on any atom is -0.488 e. The van der Waals surface area contributed by atoms with E-state index in [0.29, 0.717) is 13.2 Å². The van der Waals surface area contributed by atoms with Gasteiger partial charge in [0.15, 0.2) is 0 Å². The van der Waals surface area contributed by atoms with Crippen molar-refractivity contribution in [1.29, 1.82) is 0 Å². The molecule has 2 aromatic rings. The van der Waals surface area contributed by atoms with Crippen LogP contribution in [-0.2, 0) is 15.9 Å². The number of epoxide rings is 2. The highest BCUT2D eigenvalue weighted by Gasteiger charge is 2.25. The van der Waals surface area contributed by atoms with E-state index in [2.05, 4.69) is 88.0 Å². The van der Waals surface area contributed by atoms with Crippen LogP contribution in [0.4, 0.5) is 0 Å². The molecular formula is C19H16Br4O4. The molecule has 0 radical (unpaired) electrons. The Bertz CT molecular complexity index is 734. The van der Waals surface area contributed by atoms with Gasteiger partial charge in [-0.25, -0.2) is 0 Å². The Labute approximate surface area is 191 Å². The minimum absolute atomic E-state index is 0.227. The van der Waals surface area contributed by atoms with Crippen molar-refractivity contribution < 1.29 is 18.9 Å². The Morgan fingerprint density at radius 1 is 0.704 bits per heavy atom. The third-order valence-corrected chi connectivity index (χ3v) is 6.51. The Morgan fingerprint density at radius 2 is 1.04 bits per heavy atom. The first-order valence-electron chi connectivity index (χ1n) is 8.44. The van der Waals surface area contributed by atoms with Gasteiger partial charge in [0, 0.05) is 0 Å². The summed E-state index contributed by atoms with van der Waals surface area (Å²) in [5.41, 5.74) is 2.34. The molecule has 2 aliphatic rings. The van der Waals surface area contributed by atoms with Crippen molar-refractivity contribution in [3.8, 4) is 11.5 Å². The highest BCUT2D eigenvalue weighted by atomic mass is 79.9. The lowest BCUT2D eigenvalue weighted by molar-refractivity contribution is 0.260. The second-order valence-electron chi connectivity index (χ2n) is 6.49. The van der Waals surface area contributed by atoms with Gasteiger partial charge >= 0.3 is 0 Å². The van der Waals surface area contributed by atoms with Crippen LogP contribution in [0.3, 0.4) is 0 Å². The topological polar surface area (TPSA) is 43.5 Å². The summed E-state index contributed by atoms with van der Waals surface area (Å²) in [7, 11) is 0. The van der Waals surface area contributed by atoms with Crippen molar-refractivity contribution in [3.63, 3.8) is 0 Å². The van der Waals surface area contributed by atoms with E-state index in [9.17, 15) is 0 Å². The van der Waals surface area contributed by atoms with Gasteiger partial charge in [0.05, 0.1) is 31.1 Å². The Morgan fingerprint density at radius 3 is 1.33 bits per heavy atom. The first-order valence-corrected chi connectivity index (χ1v) is 11.6. The van der Waals surface area contributed by atoms with Crippen LogP contribution >= 0.6 is 63.7 Å². The van der Waals surface area contributed by atoms with Crippen LogP contribution in [0.1, 0.15) is 11.1 Å². The van der Waals surface area contributed by atoms with Crippen molar-refractivity contribution in [3.05, 3.63) is 53.3 Å². The molecule has 8 heteroatoms. The number of benzene rings is 2. The van der Waals surface area contributed by atoms with Gasteiger partial charge in [0.1, 0.15) is 36.9 Å². The van der Waals surface area contributed by atoms with Gasteiger partial charge in [-0.2, -0.15) is 0 Å². The van der Waals surface area contributed by atoms with Crippen LogP contribution in [-0.4, -0.2) is 38.6 Å². The van der Waals surface area contributed by atoms with Crippen molar-refractivity contribution in [2.24, 2.45) is 0 Å². The molecule has 0 bridgehead atoms. The van der Waals surface area contributed by atoms with Crippen LogP contribution in [0.5, 0.6) is 11.5 Å². The summed E-state index contributed by atoms with van der Waals surface area (Å²) in [6, 6.07) is 8.35. The number of rotatable bonds is 8. The molecule has 4 rings (SSSR count). The van der Waals surface area contributed by atoms with Crippen LogP contribution in [0, 0.1) is 0 Å². The lowest BCUT2D eigenvalue weighted by atomic mass is 10.0. The average molecular weight is 628 g/mol. The number of ether oxygens (including phenoxy) is 4. The number of hydrogen-bond acceptors (Lipinski definition) is 4. The molecule has 2 saturated heterocycles. The fourth-order valence-electron chi connectivity index (χ4n) is 2.62. The average Bonchev–Trinajstić information content (AvgIpc) is 3.48. The third-order valence-electron chi connectivity index (χ3n) is 4.16. The van der Waals surface area contributed by atoms with Crippen molar-refractivity contribution >= 4 is 63.7 Å². The van der Waals surface area contributed by atoms with E-state index in [-0.39, 0.29) is 12.2 Å². The maximum atomic E-state index is 5.84. The van der Waals surface area contributed by atoms with Gasteiger partial charge in [-0.1, -0.05) is 0 Å². The molecule has 0 unspecified atom stereocenters. The second kappa shape index (κ2) is 8.71. The van der Waals surface area contributed by atoms with Crippen LogP contribution < -0.4 is 9.47 Å². The maximum Gasteiger partial charge on any atom is 0.147 e. The van der Waals surface area contributed by atoms with E-state index < -0.39 is 0 Å². The van der Waals surface area contributed by atoms with E-state index in [0.717, 1.165) is 49.0 Å². The van der Waals surface area contributed by atoms with Crippen LogP contribution in [0.15, 0.2) is 42.2 Å². The van der Waals surface area contributed by atoms with E-state index in [1.807, 2.05) is 0 Å². The number of halogens is 4. The highest BCUT2D eigenvalue weighted by molar-refractivity contribution is 9.11. The van der Waals surface area contributed by atoms with Gasteiger partial charge in [0.25, 0.3) is 0 Å². The van der Waals surface area contributed by atoms with Crippen LogP contribution in [0.25, 0.3) is 0 Å². The van der Waals surface area contributed by atoms with Gasteiger partial charge in [-0.05, 0) is 106 Å². The summed E-state index contributed by atoms with van der Waals surface area (Å²) in [6.07, 6.45) is 1.24. The predicted octanol–water partition coefficient (Wildman–Crippen LogP) is 5.88. The molecule has 144 valence electrons. The number of hydrogen-bond donors (Lipinski definition) is 0. The zero-order chi connectivity index (χ0) is 19.0. The highest BCUT2D eigenvalue weighted by Crippen LogP contribution is 2.38. The van der Waals surface area contributed by atoms with Gasteiger partial charge in [-0.15, -0.1) is 0 Å². The lowest BCUT2D eigenvalue weighted by Gasteiger charge is -2.14. The maximum absolute atomic E-state index is 5.84. The quantitative estimate of drug-likeness (QED) is 0.343. The lowest BCUT2D eigenvalue weighted by Crippen LogP contribution is -2.06. The zero-order valence-electron chi connectivity index (χ0n) is 14.1. The molecule has 2 aromatic carbocycles. The molecule has 27 heavy (non-hydrogen) atoms. The molecule has 0 N–H and O–H groups in total. The molecule has 0 amide bonds. The third kappa shape index (κ3) is 5.48. The molecule has 4 nitrogen and oxygen atoms in total. The largest absolute Gasteiger partial charge is 0.488 e. The fourth-order valence-corrected chi connectivity index (χ4v) is 5.64. The van der Waals surface area contributed by atoms with Crippen LogP contribution in [0.2, 0.25) is 0 Å². The minimum atomic E-state index is 0.227. The molecule has 0 aromatic heterocycles. The summed E-state index contributed by atoms with van der Waals surface area (Å²) in [5.74, 6) is 1.62. The summed E-state index contributed by atoms with van der Waals surface area (Å²) in [5, 5.41) is 0. The van der Waals surface area contributed by atoms with Gasteiger partial charge in [0.2, 0.25) is 0 Å². The fraction of sp³-hybridized carbons (Fsp3) is 0.368. The van der Waals surface area contributed by atoms with E-state index in [1.165, 1.54) is 11.1 Å².